The molecular formula is C18H19Cl2N5O2. The van der Waals surface area contributed by atoms with Gasteiger partial charge in [0, 0.05) is 22.8 Å². The number of hydrogen-bond donors (Lipinski definition) is 4. The van der Waals surface area contributed by atoms with Crippen molar-refractivity contribution in [1.82, 2.24) is 5.16 Å². The molecule has 0 amide bonds. The predicted octanol–water partition coefficient (Wildman–Crippen LogP) is 3.43. The monoisotopic (exact) mass is 407 g/mol. The molecule has 6 N–H and O–H groups in total. The first-order valence-corrected chi connectivity index (χ1v) is 7.44. The summed E-state index contributed by atoms with van der Waals surface area (Å²) in [6.07, 6.45) is 0. The van der Waals surface area contributed by atoms with E-state index in [1.165, 1.54) is 0 Å². The van der Waals surface area contributed by atoms with Crippen molar-refractivity contribution in [2.75, 3.05) is 7.11 Å². The van der Waals surface area contributed by atoms with E-state index in [4.69, 9.17) is 31.5 Å². The number of methoxy groups -OCH3 is 1. The van der Waals surface area contributed by atoms with Crippen molar-refractivity contribution in [3.63, 3.8) is 0 Å². The first kappa shape index (κ1) is 22.0. The summed E-state index contributed by atoms with van der Waals surface area (Å²) in [6.45, 7) is 0. The van der Waals surface area contributed by atoms with Gasteiger partial charge >= 0.3 is 0 Å². The van der Waals surface area contributed by atoms with Crippen LogP contribution in [0.5, 0.6) is 5.75 Å². The Morgan fingerprint density at radius 1 is 0.963 bits per heavy atom. The highest BCUT2D eigenvalue weighted by atomic mass is 35.5. The molecule has 0 atom stereocenters. The highest BCUT2D eigenvalue weighted by Gasteiger charge is 2.15. The zero-order valence-corrected chi connectivity index (χ0v) is 16.0. The summed E-state index contributed by atoms with van der Waals surface area (Å²) in [5, 5.41) is 19.2. The summed E-state index contributed by atoms with van der Waals surface area (Å²) in [5.41, 5.74) is 14.3. The molecule has 27 heavy (non-hydrogen) atoms. The van der Waals surface area contributed by atoms with Crippen molar-refractivity contribution in [3.05, 3.63) is 59.7 Å². The molecule has 142 valence electrons. The van der Waals surface area contributed by atoms with Gasteiger partial charge in [-0.05, 0) is 24.3 Å². The van der Waals surface area contributed by atoms with Crippen LogP contribution in [-0.2, 0) is 0 Å². The Balaban J connectivity index is 0.00000182. The first-order chi connectivity index (χ1) is 12.0. The Labute approximate surface area is 168 Å². The Morgan fingerprint density at radius 2 is 1.63 bits per heavy atom. The molecule has 0 fully saturated rings. The van der Waals surface area contributed by atoms with Crippen LogP contribution in [0.25, 0.3) is 22.6 Å². The fraction of sp³-hybridized carbons (Fsp3) is 0.0556. The molecule has 3 rings (SSSR count). The zero-order valence-electron chi connectivity index (χ0n) is 14.4. The third-order valence-corrected chi connectivity index (χ3v) is 3.76. The van der Waals surface area contributed by atoms with Gasteiger partial charge in [-0.1, -0.05) is 23.4 Å². The highest BCUT2D eigenvalue weighted by Crippen LogP contribution is 2.33. The molecule has 0 unspecified atom stereocenters. The van der Waals surface area contributed by atoms with Gasteiger partial charge in [-0.15, -0.1) is 24.8 Å². The van der Waals surface area contributed by atoms with Gasteiger partial charge in [0.15, 0.2) is 5.76 Å². The van der Waals surface area contributed by atoms with Crippen LogP contribution in [0.1, 0.15) is 11.1 Å². The number of amidine groups is 2. The van der Waals surface area contributed by atoms with E-state index in [-0.39, 0.29) is 36.5 Å². The number of rotatable bonds is 5. The van der Waals surface area contributed by atoms with E-state index in [0.717, 1.165) is 5.56 Å². The van der Waals surface area contributed by atoms with E-state index in [9.17, 15) is 0 Å². The lowest BCUT2D eigenvalue weighted by Gasteiger charge is -2.07. The third kappa shape index (κ3) is 4.58. The van der Waals surface area contributed by atoms with Gasteiger partial charge in [-0.2, -0.15) is 0 Å². The molecule has 0 aliphatic heterocycles. The highest BCUT2D eigenvalue weighted by molar-refractivity contribution is 5.97. The molecule has 0 radical (unpaired) electrons. The van der Waals surface area contributed by atoms with Crippen LogP contribution in [0.3, 0.4) is 0 Å². The predicted molar refractivity (Wildman–Crippen MR) is 110 cm³/mol. The summed E-state index contributed by atoms with van der Waals surface area (Å²) in [6, 6.07) is 14.1. The zero-order chi connectivity index (χ0) is 18.0. The number of nitrogens with two attached hydrogens (primary N) is 2. The molecule has 0 aliphatic carbocycles. The molecule has 1 heterocycles. The average molecular weight is 408 g/mol. The fourth-order valence-corrected chi connectivity index (χ4v) is 2.45. The van der Waals surface area contributed by atoms with E-state index in [1.807, 2.05) is 6.07 Å². The summed E-state index contributed by atoms with van der Waals surface area (Å²) in [7, 11) is 1.56. The standard InChI is InChI=1S/C18H17N5O2.2ClH/c1-24-15-6-5-12(18(21)22)8-13(15)16-9-14(23-25-16)10-3-2-4-11(7-10)17(19)20;;/h2-9H,1H3,(H3,19,20)(H3,21,22);2*1H. The van der Waals surface area contributed by atoms with E-state index in [2.05, 4.69) is 5.16 Å². The van der Waals surface area contributed by atoms with Gasteiger partial charge in [0.05, 0.1) is 12.7 Å². The minimum absolute atomic E-state index is 0. The first-order valence-electron chi connectivity index (χ1n) is 7.44. The Kier molecular flexibility index (Phi) is 7.39. The van der Waals surface area contributed by atoms with E-state index in [0.29, 0.717) is 33.9 Å². The third-order valence-electron chi connectivity index (χ3n) is 3.76. The Morgan fingerprint density at radius 3 is 2.26 bits per heavy atom. The molecule has 0 aliphatic rings. The molecule has 2 aromatic carbocycles. The topological polar surface area (TPSA) is 135 Å². The second-order valence-corrected chi connectivity index (χ2v) is 5.40. The number of ether oxygens (including phenoxy) is 1. The van der Waals surface area contributed by atoms with Gasteiger partial charge in [-0.3, -0.25) is 10.8 Å². The normalized spacial score (nSPS) is 9.67. The Hall–Kier alpha value is -3.03. The van der Waals surface area contributed by atoms with Crippen LogP contribution >= 0.6 is 24.8 Å². The summed E-state index contributed by atoms with van der Waals surface area (Å²) < 4.78 is 10.8. The van der Waals surface area contributed by atoms with Gasteiger partial charge in [0.1, 0.15) is 23.1 Å². The molecule has 0 spiro atoms. The number of aromatic nitrogens is 1. The van der Waals surface area contributed by atoms with E-state index in [1.54, 1.807) is 49.6 Å². The van der Waals surface area contributed by atoms with Crippen LogP contribution in [0.4, 0.5) is 0 Å². The molecule has 0 saturated heterocycles. The molecule has 0 saturated carbocycles. The number of nitrogens with zero attached hydrogens (tertiary/aromatic N) is 1. The van der Waals surface area contributed by atoms with Crippen LogP contribution in [0.2, 0.25) is 0 Å². The van der Waals surface area contributed by atoms with E-state index >= 15 is 0 Å². The quantitative estimate of drug-likeness (QED) is 0.379. The molecule has 3 aromatic rings. The second kappa shape index (κ2) is 9.07. The van der Waals surface area contributed by atoms with Crippen LogP contribution in [0, 0.1) is 10.8 Å². The lowest BCUT2D eigenvalue weighted by Crippen LogP contribution is -2.11. The summed E-state index contributed by atoms with van der Waals surface area (Å²) >= 11 is 0. The van der Waals surface area contributed by atoms with Crippen molar-refractivity contribution in [2.45, 2.75) is 0 Å². The molecule has 1 aromatic heterocycles. The SMILES string of the molecule is COc1ccc(C(=N)N)cc1-c1cc(-c2cccc(C(=N)N)c2)no1.Cl.Cl. The van der Waals surface area contributed by atoms with Crippen LogP contribution < -0.4 is 16.2 Å². The van der Waals surface area contributed by atoms with Gasteiger partial charge in [0.2, 0.25) is 0 Å². The molecule has 7 nitrogen and oxygen atoms in total. The smallest absolute Gasteiger partial charge is 0.171 e. The lowest BCUT2D eigenvalue weighted by molar-refractivity contribution is 0.407. The van der Waals surface area contributed by atoms with Crippen molar-refractivity contribution in [2.24, 2.45) is 11.5 Å². The maximum atomic E-state index is 7.58. The number of halogens is 2. The average Bonchev–Trinajstić information content (AvgIpc) is 3.11. The molecular weight excluding hydrogens is 389 g/mol. The number of hydrogen-bond acceptors (Lipinski definition) is 5. The summed E-state index contributed by atoms with van der Waals surface area (Å²) in [4.78, 5) is 0. The largest absolute Gasteiger partial charge is 0.496 e. The fourth-order valence-electron chi connectivity index (χ4n) is 2.45. The van der Waals surface area contributed by atoms with Gasteiger partial charge in [0.25, 0.3) is 0 Å². The van der Waals surface area contributed by atoms with Crippen molar-refractivity contribution in [3.8, 4) is 28.3 Å². The molecule has 9 heteroatoms. The van der Waals surface area contributed by atoms with Crippen LogP contribution in [-0.4, -0.2) is 23.9 Å². The van der Waals surface area contributed by atoms with Crippen molar-refractivity contribution in [1.29, 1.82) is 10.8 Å². The van der Waals surface area contributed by atoms with Crippen LogP contribution in [0.15, 0.2) is 53.1 Å². The summed E-state index contributed by atoms with van der Waals surface area (Å²) in [5.74, 6) is 1.02. The molecule has 0 bridgehead atoms. The van der Waals surface area contributed by atoms with Crippen molar-refractivity contribution < 1.29 is 9.26 Å². The number of benzene rings is 2. The minimum atomic E-state index is -0.0437. The number of nitrogens with one attached hydrogen (secondary N) is 2. The van der Waals surface area contributed by atoms with Crippen molar-refractivity contribution >= 4 is 36.5 Å². The maximum absolute atomic E-state index is 7.58. The minimum Gasteiger partial charge on any atom is -0.496 e. The maximum Gasteiger partial charge on any atom is 0.171 e. The Bertz CT molecular complexity index is 972. The van der Waals surface area contributed by atoms with Gasteiger partial charge in [-0.25, -0.2) is 0 Å². The van der Waals surface area contributed by atoms with Gasteiger partial charge < -0.3 is 20.7 Å². The van der Waals surface area contributed by atoms with E-state index < -0.39 is 0 Å². The second-order valence-electron chi connectivity index (χ2n) is 5.40. The lowest BCUT2D eigenvalue weighted by atomic mass is 10.0. The number of nitrogen functional groups attached to an aromatic ring is 2.